The predicted octanol–water partition coefficient (Wildman–Crippen LogP) is 2.07. The second kappa shape index (κ2) is 6.07. The number of nitrogens with zero attached hydrogens (tertiary/aromatic N) is 1. The van der Waals surface area contributed by atoms with Crippen LogP contribution in [-0.2, 0) is 4.79 Å². The fraction of sp³-hybridized carbons (Fsp3) is 0.846. The van der Waals surface area contributed by atoms with Crippen molar-refractivity contribution in [3.05, 3.63) is 0 Å². The molecule has 0 aromatic carbocycles. The number of carboxylic acid groups (broad SMARTS) is 1. The molecular formula is C13H24N2O3. The van der Waals surface area contributed by atoms with E-state index in [1.54, 1.807) is 11.8 Å². The van der Waals surface area contributed by atoms with E-state index >= 15 is 0 Å². The van der Waals surface area contributed by atoms with E-state index in [-0.39, 0.29) is 12.1 Å². The van der Waals surface area contributed by atoms with E-state index in [4.69, 9.17) is 5.11 Å². The molecule has 0 saturated carbocycles. The summed E-state index contributed by atoms with van der Waals surface area (Å²) in [5.74, 6) is -0.822. The number of amides is 2. The molecule has 0 bridgehead atoms. The number of likely N-dealkylation sites (tertiary alicyclic amines) is 1. The number of hydrogen-bond donors (Lipinski definition) is 2. The van der Waals surface area contributed by atoms with Gasteiger partial charge in [-0.15, -0.1) is 0 Å². The first-order valence-corrected chi connectivity index (χ1v) is 6.68. The number of aliphatic carboxylic acids is 1. The van der Waals surface area contributed by atoms with Gasteiger partial charge in [0.2, 0.25) is 0 Å². The molecule has 0 aliphatic carbocycles. The molecule has 1 rings (SSSR count). The molecule has 0 aromatic rings. The summed E-state index contributed by atoms with van der Waals surface area (Å²) in [6.45, 7) is 6.63. The summed E-state index contributed by atoms with van der Waals surface area (Å²) in [5, 5.41) is 12.0. The zero-order valence-electron chi connectivity index (χ0n) is 11.5. The number of urea groups is 1. The van der Waals surface area contributed by atoms with Crippen LogP contribution in [0.4, 0.5) is 4.79 Å². The normalized spacial score (nSPS) is 24.9. The zero-order chi connectivity index (χ0) is 13.8. The summed E-state index contributed by atoms with van der Waals surface area (Å²) >= 11 is 0. The topological polar surface area (TPSA) is 69.6 Å². The number of carbonyl (C=O) groups is 2. The molecular weight excluding hydrogens is 232 g/mol. The third-order valence-corrected chi connectivity index (χ3v) is 3.64. The van der Waals surface area contributed by atoms with Crippen LogP contribution in [0.2, 0.25) is 0 Å². The van der Waals surface area contributed by atoms with Crippen molar-refractivity contribution in [2.75, 3.05) is 13.1 Å². The van der Waals surface area contributed by atoms with Gasteiger partial charge in [0.05, 0.1) is 5.41 Å². The monoisotopic (exact) mass is 256 g/mol. The molecule has 2 amide bonds. The molecule has 2 N–H and O–H groups in total. The standard InChI is InChI=1S/C13H24N2O3/c1-4-5-6-10(2)14-12(18)15-8-7-13(3,9-15)11(16)17/h10H,4-9H2,1-3H3,(H,14,18)(H,16,17). The summed E-state index contributed by atoms with van der Waals surface area (Å²) in [6, 6.07) is 0.0118. The first-order chi connectivity index (χ1) is 8.39. The van der Waals surface area contributed by atoms with Crippen LogP contribution in [0.1, 0.15) is 46.5 Å². The molecule has 18 heavy (non-hydrogen) atoms. The Morgan fingerprint density at radius 2 is 2.17 bits per heavy atom. The van der Waals surface area contributed by atoms with Gasteiger partial charge in [-0.25, -0.2) is 4.79 Å². The van der Waals surface area contributed by atoms with Gasteiger partial charge >= 0.3 is 12.0 Å². The van der Waals surface area contributed by atoms with Gasteiger partial charge in [0, 0.05) is 19.1 Å². The summed E-state index contributed by atoms with van der Waals surface area (Å²) in [7, 11) is 0. The summed E-state index contributed by atoms with van der Waals surface area (Å²) in [4.78, 5) is 24.7. The molecule has 1 fully saturated rings. The van der Waals surface area contributed by atoms with Crippen molar-refractivity contribution >= 4 is 12.0 Å². The predicted molar refractivity (Wildman–Crippen MR) is 69.5 cm³/mol. The van der Waals surface area contributed by atoms with Gasteiger partial charge in [-0.2, -0.15) is 0 Å². The molecule has 2 unspecified atom stereocenters. The van der Waals surface area contributed by atoms with Crippen molar-refractivity contribution in [1.82, 2.24) is 10.2 Å². The van der Waals surface area contributed by atoms with Gasteiger partial charge in [-0.05, 0) is 26.7 Å². The molecule has 1 heterocycles. The SMILES string of the molecule is CCCCC(C)NC(=O)N1CCC(C)(C(=O)O)C1. The lowest BCUT2D eigenvalue weighted by molar-refractivity contribution is -0.146. The lowest BCUT2D eigenvalue weighted by Crippen LogP contribution is -2.44. The van der Waals surface area contributed by atoms with Gasteiger partial charge in [-0.3, -0.25) is 4.79 Å². The van der Waals surface area contributed by atoms with Crippen LogP contribution in [0.15, 0.2) is 0 Å². The maximum atomic E-state index is 12.0. The molecule has 5 nitrogen and oxygen atoms in total. The quantitative estimate of drug-likeness (QED) is 0.791. The van der Waals surface area contributed by atoms with Crippen LogP contribution in [0.5, 0.6) is 0 Å². The fourth-order valence-electron chi connectivity index (χ4n) is 2.19. The Hall–Kier alpha value is -1.26. The van der Waals surface area contributed by atoms with Crippen LogP contribution in [0.25, 0.3) is 0 Å². The molecule has 2 atom stereocenters. The minimum atomic E-state index is -0.822. The summed E-state index contributed by atoms with van der Waals surface area (Å²) < 4.78 is 0. The highest BCUT2D eigenvalue weighted by Gasteiger charge is 2.42. The third-order valence-electron chi connectivity index (χ3n) is 3.64. The largest absolute Gasteiger partial charge is 0.481 e. The smallest absolute Gasteiger partial charge is 0.317 e. The van der Waals surface area contributed by atoms with Crippen molar-refractivity contribution in [2.24, 2.45) is 5.41 Å². The highest BCUT2D eigenvalue weighted by molar-refractivity contribution is 5.79. The lowest BCUT2D eigenvalue weighted by Gasteiger charge is -2.22. The van der Waals surface area contributed by atoms with Crippen molar-refractivity contribution in [3.63, 3.8) is 0 Å². The van der Waals surface area contributed by atoms with Gasteiger partial charge in [0.25, 0.3) is 0 Å². The lowest BCUT2D eigenvalue weighted by atomic mass is 9.90. The Bertz CT molecular complexity index is 319. The Labute approximate surface area is 109 Å². The number of rotatable bonds is 5. The molecule has 1 saturated heterocycles. The van der Waals surface area contributed by atoms with E-state index in [9.17, 15) is 9.59 Å². The third kappa shape index (κ3) is 3.62. The van der Waals surface area contributed by atoms with Gasteiger partial charge in [0.1, 0.15) is 0 Å². The van der Waals surface area contributed by atoms with E-state index in [1.165, 1.54) is 0 Å². The van der Waals surface area contributed by atoms with E-state index < -0.39 is 11.4 Å². The molecule has 0 radical (unpaired) electrons. The Balaban J connectivity index is 2.43. The average molecular weight is 256 g/mol. The van der Waals surface area contributed by atoms with E-state index in [2.05, 4.69) is 12.2 Å². The van der Waals surface area contributed by atoms with E-state index in [0.717, 1.165) is 19.3 Å². The minimum Gasteiger partial charge on any atom is -0.481 e. The number of carbonyl (C=O) groups excluding carboxylic acids is 1. The van der Waals surface area contributed by atoms with Crippen LogP contribution < -0.4 is 5.32 Å². The molecule has 0 aromatic heterocycles. The second-order valence-corrected chi connectivity index (χ2v) is 5.53. The zero-order valence-corrected chi connectivity index (χ0v) is 11.5. The number of unbranched alkanes of at least 4 members (excludes halogenated alkanes) is 1. The fourth-order valence-corrected chi connectivity index (χ4v) is 2.19. The maximum Gasteiger partial charge on any atom is 0.317 e. The molecule has 0 spiro atoms. The van der Waals surface area contributed by atoms with Crippen molar-refractivity contribution < 1.29 is 14.7 Å². The molecule has 1 aliphatic rings. The first-order valence-electron chi connectivity index (χ1n) is 6.68. The molecule has 1 aliphatic heterocycles. The van der Waals surface area contributed by atoms with Gasteiger partial charge in [0.15, 0.2) is 0 Å². The van der Waals surface area contributed by atoms with Gasteiger partial charge < -0.3 is 15.3 Å². The second-order valence-electron chi connectivity index (χ2n) is 5.53. The van der Waals surface area contributed by atoms with Crippen molar-refractivity contribution in [2.45, 2.75) is 52.5 Å². The first kappa shape index (κ1) is 14.8. The molecule has 5 heteroatoms. The maximum absolute atomic E-state index is 12.0. The molecule has 104 valence electrons. The minimum absolute atomic E-state index is 0.136. The van der Waals surface area contributed by atoms with Crippen LogP contribution in [-0.4, -0.2) is 41.1 Å². The van der Waals surface area contributed by atoms with Crippen molar-refractivity contribution in [3.8, 4) is 0 Å². The van der Waals surface area contributed by atoms with Crippen LogP contribution in [0, 0.1) is 5.41 Å². The van der Waals surface area contributed by atoms with Crippen LogP contribution in [0.3, 0.4) is 0 Å². The number of hydrogen-bond acceptors (Lipinski definition) is 2. The van der Waals surface area contributed by atoms with E-state index in [1.807, 2.05) is 6.92 Å². The average Bonchev–Trinajstić information content (AvgIpc) is 2.71. The number of carboxylic acids is 1. The Kier molecular flexibility index (Phi) is 4.99. The highest BCUT2D eigenvalue weighted by atomic mass is 16.4. The summed E-state index contributed by atoms with van der Waals surface area (Å²) in [5.41, 5.74) is -0.788. The van der Waals surface area contributed by atoms with Crippen molar-refractivity contribution in [1.29, 1.82) is 0 Å². The summed E-state index contributed by atoms with van der Waals surface area (Å²) in [6.07, 6.45) is 3.70. The Morgan fingerprint density at radius 3 is 2.67 bits per heavy atom. The Morgan fingerprint density at radius 1 is 1.50 bits per heavy atom. The number of nitrogens with one attached hydrogen (secondary N) is 1. The van der Waals surface area contributed by atoms with E-state index in [0.29, 0.717) is 19.5 Å². The van der Waals surface area contributed by atoms with Crippen LogP contribution >= 0.6 is 0 Å². The van der Waals surface area contributed by atoms with Gasteiger partial charge in [-0.1, -0.05) is 19.8 Å². The highest BCUT2D eigenvalue weighted by Crippen LogP contribution is 2.30.